The van der Waals surface area contributed by atoms with Gasteiger partial charge < -0.3 is 4.90 Å². The third kappa shape index (κ3) is 6.61. The fourth-order valence-corrected chi connectivity index (χ4v) is 7.12. The number of alkyl halides is 2. The van der Waals surface area contributed by atoms with Crippen LogP contribution in [0.1, 0.15) is 46.8 Å². The van der Waals surface area contributed by atoms with Crippen LogP contribution in [0.2, 0.25) is 0 Å². The number of hydrogen-bond acceptors (Lipinski definition) is 5. The maximum absolute atomic E-state index is 15.2. The van der Waals surface area contributed by atoms with E-state index in [1.54, 1.807) is 28.9 Å². The van der Waals surface area contributed by atoms with Gasteiger partial charge in [0.2, 0.25) is 10.0 Å². The second-order valence-corrected chi connectivity index (χ2v) is 13.5. The zero-order valence-electron chi connectivity index (χ0n) is 24.3. The number of benzene rings is 2. The molecule has 2 fully saturated rings. The first-order valence-corrected chi connectivity index (χ1v) is 16.3. The highest BCUT2D eigenvalue weighted by Gasteiger charge is 2.52. The van der Waals surface area contributed by atoms with Crippen LogP contribution in [0.3, 0.4) is 0 Å². The molecule has 0 radical (unpaired) electrons. The van der Waals surface area contributed by atoms with Crippen LogP contribution in [0.25, 0.3) is 5.69 Å². The molecule has 3 aliphatic rings. The first kappa shape index (κ1) is 31.2. The highest BCUT2D eigenvalue weighted by Crippen LogP contribution is 2.42. The van der Waals surface area contributed by atoms with E-state index < -0.39 is 51.9 Å². The van der Waals surface area contributed by atoms with Crippen molar-refractivity contribution in [1.82, 2.24) is 19.6 Å². The minimum Gasteiger partial charge on any atom is -0.332 e. The molecule has 8 nitrogen and oxygen atoms in total. The van der Waals surface area contributed by atoms with Gasteiger partial charge in [0.05, 0.1) is 34.6 Å². The Kier molecular flexibility index (Phi) is 8.44. The van der Waals surface area contributed by atoms with E-state index in [0.717, 1.165) is 5.56 Å². The molecule has 0 spiro atoms. The summed E-state index contributed by atoms with van der Waals surface area (Å²) < 4.78 is 82.5. The SMILES string of the molecule is NS(=O)(=O)c1ccc(CN2CCC(c3c(C(=O)N4C[C@@H](C5C=CC(F)=CC5)C(F)(F)C4)cnn3-c3ccc(F)cc3)CC2)cc1. The monoisotopic (exact) mass is 643 g/mol. The van der Waals surface area contributed by atoms with Crippen LogP contribution in [0.4, 0.5) is 17.6 Å². The zero-order valence-corrected chi connectivity index (χ0v) is 25.1. The standard InChI is InChI=1S/C32H33F4N5O3S/c33-24-5-3-22(4-6-24)29-19-40(20-32(29,35)36)31(42)28-17-38-41(26-9-7-25(34)8-10-26)30(28)23-13-15-39(16-14-23)18-21-1-11-27(12-2-21)45(37,43)44/h1-3,5-12,17,22-23,29H,4,13-16,18-20H2,(H2,37,43,44)/t22?,29-/m0/s1. The minimum absolute atomic E-state index is 0.0410. The lowest BCUT2D eigenvalue weighted by molar-refractivity contribution is -0.0391. The quantitative estimate of drug-likeness (QED) is 0.358. The summed E-state index contributed by atoms with van der Waals surface area (Å²) in [5.41, 5.74) is 2.30. The lowest BCUT2D eigenvalue weighted by atomic mass is 9.84. The van der Waals surface area contributed by atoms with Gasteiger partial charge in [0.1, 0.15) is 11.6 Å². The molecule has 6 rings (SSSR count). The van der Waals surface area contributed by atoms with E-state index in [9.17, 15) is 22.0 Å². The van der Waals surface area contributed by atoms with Crippen LogP contribution in [0.5, 0.6) is 0 Å². The third-order valence-corrected chi connectivity index (χ3v) is 9.92. The van der Waals surface area contributed by atoms with Gasteiger partial charge >= 0.3 is 0 Å². The van der Waals surface area contributed by atoms with Crippen molar-refractivity contribution in [3.05, 3.63) is 101 Å². The molecule has 3 heterocycles. The van der Waals surface area contributed by atoms with E-state index >= 15 is 8.78 Å². The van der Waals surface area contributed by atoms with E-state index in [4.69, 9.17) is 5.14 Å². The number of halogens is 4. The number of hydrogen-bond donors (Lipinski definition) is 1. The molecule has 2 atom stereocenters. The second-order valence-electron chi connectivity index (χ2n) is 12.0. The van der Waals surface area contributed by atoms with Crippen molar-refractivity contribution in [3.63, 3.8) is 0 Å². The molecule has 1 amide bonds. The summed E-state index contributed by atoms with van der Waals surface area (Å²) in [6, 6.07) is 12.1. The van der Waals surface area contributed by atoms with Gasteiger partial charge in [-0.25, -0.2) is 35.8 Å². The van der Waals surface area contributed by atoms with Crippen LogP contribution in [0.15, 0.2) is 83.7 Å². The molecule has 45 heavy (non-hydrogen) atoms. The number of nitrogens with two attached hydrogens (primary N) is 1. The summed E-state index contributed by atoms with van der Waals surface area (Å²) in [5, 5.41) is 9.68. The minimum atomic E-state index is -3.78. The molecule has 1 unspecified atom stereocenters. The van der Waals surface area contributed by atoms with Crippen LogP contribution < -0.4 is 5.14 Å². The number of sulfonamides is 1. The summed E-state index contributed by atoms with van der Waals surface area (Å²) in [6.07, 6.45) is 6.80. The predicted octanol–water partition coefficient (Wildman–Crippen LogP) is 5.18. The van der Waals surface area contributed by atoms with E-state index in [2.05, 4.69) is 10.00 Å². The van der Waals surface area contributed by atoms with E-state index in [1.165, 1.54) is 53.6 Å². The molecule has 1 aliphatic carbocycles. The van der Waals surface area contributed by atoms with Crippen LogP contribution in [-0.2, 0) is 16.6 Å². The van der Waals surface area contributed by atoms with Crippen molar-refractivity contribution in [2.45, 2.75) is 42.5 Å². The number of amides is 1. The second kappa shape index (κ2) is 12.2. The Morgan fingerprint density at radius 2 is 1.71 bits per heavy atom. The highest BCUT2D eigenvalue weighted by atomic mass is 32.2. The van der Waals surface area contributed by atoms with Crippen molar-refractivity contribution in [1.29, 1.82) is 0 Å². The Hall–Kier alpha value is -3.81. The molecular weight excluding hydrogens is 610 g/mol. The summed E-state index contributed by atoms with van der Waals surface area (Å²) in [4.78, 5) is 17.3. The van der Waals surface area contributed by atoms with Gasteiger partial charge in [0.15, 0.2) is 0 Å². The summed E-state index contributed by atoms with van der Waals surface area (Å²) in [6.45, 7) is 0.994. The Labute approximate surface area is 258 Å². The van der Waals surface area contributed by atoms with Gasteiger partial charge in [-0.3, -0.25) is 9.69 Å². The summed E-state index contributed by atoms with van der Waals surface area (Å²) in [5.74, 6) is -6.42. The van der Waals surface area contributed by atoms with Crippen molar-refractivity contribution in [2.24, 2.45) is 17.0 Å². The maximum Gasteiger partial charge on any atom is 0.270 e. The van der Waals surface area contributed by atoms with Gasteiger partial charge in [0.25, 0.3) is 11.8 Å². The maximum atomic E-state index is 15.2. The fraction of sp³-hybridized carbons (Fsp3) is 0.375. The number of likely N-dealkylation sites (tertiary alicyclic amines) is 2. The number of aromatic nitrogens is 2. The zero-order chi connectivity index (χ0) is 31.9. The average Bonchev–Trinajstić information content (AvgIpc) is 3.59. The first-order chi connectivity index (χ1) is 21.4. The van der Waals surface area contributed by atoms with E-state index in [1.807, 2.05) is 0 Å². The van der Waals surface area contributed by atoms with Gasteiger partial charge in [-0.05, 0) is 92.4 Å². The molecule has 2 aliphatic heterocycles. The molecule has 2 N–H and O–H groups in total. The molecule has 0 saturated carbocycles. The number of carbonyl (C=O) groups is 1. The van der Waals surface area contributed by atoms with Gasteiger partial charge in [-0.2, -0.15) is 5.10 Å². The molecule has 3 aromatic rings. The van der Waals surface area contributed by atoms with Gasteiger partial charge in [-0.15, -0.1) is 0 Å². The number of nitrogens with zero attached hydrogens (tertiary/aromatic N) is 4. The Morgan fingerprint density at radius 1 is 1.02 bits per heavy atom. The van der Waals surface area contributed by atoms with E-state index in [0.29, 0.717) is 43.9 Å². The van der Waals surface area contributed by atoms with Gasteiger partial charge in [0, 0.05) is 24.9 Å². The third-order valence-electron chi connectivity index (χ3n) is 8.99. The van der Waals surface area contributed by atoms with Crippen LogP contribution >= 0.6 is 0 Å². The molecule has 1 aromatic heterocycles. The number of carbonyl (C=O) groups excluding carboxylic acids is 1. The summed E-state index contributed by atoms with van der Waals surface area (Å²) >= 11 is 0. The van der Waals surface area contributed by atoms with Crippen molar-refractivity contribution >= 4 is 15.9 Å². The van der Waals surface area contributed by atoms with Crippen molar-refractivity contribution in [2.75, 3.05) is 26.2 Å². The Balaban J connectivity index is 1.22. The van der Waals surface area contributed by atoms with Gasteiger partial charge in [-0.1, -0.05) is 18.2 Å². The van der Waals surface area contributed by atoms with Crippen molar-refractivity contribution in [3.8, 4) is 5.69 Å². The molecule has 13 heteroatoms. The molecule has 2 saturated heterocycles. The normalized spacial score (nSPS) is 22.5. The molecule has 2 aromatic carbocycles. The predicted molar refractivity (Wildman–Crippen MR) is 159 cm³/mol. The number of piperidine rings is 1. The van der Waals surface area contributed by atoms with Crippen LogP contribution in [0, 0.1) is 17.7 Å². The highest BCUT2D eigenvalue weighted by molar-refractivity contribution is 7.89. The molecule has 238 valence electrons. The summed E-state index contributed by atoms with van der Waals surface area (Å²) in [7, 11) is -3.78. The topological polar surface area (TPSA) is 102 Å². The average molecular weight is 644 g/mol. The fourth-order valence-electron chi connectivity index (χ4n) is 6.60. The smallest absolute Gasteiger partial charge is 0.270 e. The molecular formula is C32H33F4N5O3S. The number of rotatable bonds is 7. The number of allylic oxidation sites excluding steroid dienone is 4. The van der Waals surface area contributed by atoms with Crippen LogP contribution in [-0.4, -0.2) is 66.0 Å². The lowest BCUT2D eigenvalue weighted by Crippen LogP contribution is -2.35. The largest absolute Gasteiger partial charge is 0.332 e. The lowest BCUT2D eigenvalue weighted by Gasteiger charge is -2.33. The molecule has 0 bridgehead atoms. The van der Waals surface area contributed by atoms with Crippen molar-refractivity contribution < 1.29 is 30.8 Å². The number of primary sulfonamides is 1. The van der Waals surface area contributed by atoms with E-state index in [-0.39, 0.29) is 29.3 Å². The Bertz CT molecular complexity index is 1730. The first-order valence-electron chi connectivity index (χ1n) is 14.8. The Morgan fingerprint density at radius 3 is 2.33 bits per heavy atom.